The number of ether oxygens (including phenoxy) is 3. The van der Waals surface area contributed by atoms with Crippen LogP contribution in [0.5, 0.6) is 5.75 Å². The van der Waals surface area contributed by atoms with Gasteiger partial charge < -0.3 is 14.2 Å². The van der Waals surface area contributed by atoms with Gasteiger partial charge in [0.2, 0.25) is 0 Å². The number of nitrogens with zero attached hydrogens (tertiary/aromatic N) is 2. The molecule has 2 rings (SSSR count). The van der Waals surface area contributed by atoms with E-state index in [0.717, 1.165) is 42.6 Å². The van der Waals surface area contributed by atoms with Crippen LogP contribution in [0.25, 0.3) is 5.57 Å². The summed E-state index contributed by atoms with van der Waals surface area (Å²) in [6.45, 7) is 10.3. The van der Waals surface area contributed by atoms with E-state index in [1.165, 1.54) is 10.0 Å². The highest BCUT2D eigenvalue weighted by Gasteiger charge is 2.54. The summed E-state index contributed by atoms with van der Waals surface area (Å²) in [5, 5.41) is 2.72. The summed E-state index contributed by atoms with van der Waals surface area (Å²) in [5.41, 5.74) is 1.64. The fraction of sp³-hybridized carbons (Fsp3) is 0.545. The van der Waals surface area contributed by atoms with Gasteiger partial charge in [0.15, 0.2) is 0 Å². The molecule has 0 N–H and O–H groups in total. The normalized spacial score (nSPS) is 18.1. The van der Waals surface area contributed by atoms with Crippen LogP contribution in [-0.4, -0.2) is 54.6 Å². The first-order valence-corrected chi connectivity index (χ1v) is 10.2. The minimum Gasteiger partial charge on any atom is -0.497 e. The number of hydrogen-bond acceptors (Lipinski definition) is 5. The van der Waals surface area contributed by atoms with Gasteiger partial charge in [0.05, 0.1) is 26.4 Å². The Hall–Kier alpha value is -2.70. The molecule has 0 unspecified atom stereocenters. The molecule has 2 amide bonds. The summed E-state index contributed by atoms with van der Waals surface area (Å²) in [5.74, 6) is 0.741. The van der Waals surface area contributed by atoms with Crippen molar-refractivity contribution >= 4 is 17.8 Å². The van der Waals surface area contributed by atoms with E-state index < -0.39 is 12.2 Å². The van der Waals surface area contributed by atoms with Gasteiger partial charge in [0.1, 0.15) is 11.8 Å². The molecule has 1 aliphatic heterocycles. The van der Waals surface area contributed by atoms with Gasteiger partial charge in [-0.25, -0.2) is 19.6 Å². The molecule has 1 aromatic carbocycles. The van der Waals surface area contributed by atoms with Crippen LogP contribution in [0.2, 0.25) is 0 Å². The number of amides is 2. The number of rotatable bonds is 9. The zero-order valence-corrected chi connectivity index (χ0v) is 17.8. The lowest BCUT2D eigenvalue weighted by Gasteiger charge is -2.55. The van der Waals surface area contributed by atoms with Gasteiger partial charge in [0.25, 0.3) is 0 Å². The van der Waals surface area contributed by atoms with Gasteiger partial charge in [0, 0.05) is 0 Å². The Balaban J connectivity index is 2.33. The third-order valence-corrected chi connectivity index (χ3v) is 5.01. The average molecular weight is 405 g/mol. The first-order chi connectivity index (χ1) is 14.0. The number of benzene rings is 1. The predicted molar refractivity (Wildman–Crippen MR) is 111 cm³/mol. The van der Waals surface area contributed by atoms with Crippen LogP contribution in [0.15, 0.2) is 30.8 Å². The number of hydrogen-bond donors (Lipinski definition) is 0. The lowest BCUT2D eigenvalue weighted by Crippen LogP contribution is -2.74. The monoisotopic (exact) mass is 404 g/mol. The van der Waals surface area contributed by atoms with Crippen LogP contribution in [0.3, 0.4) is 0 Å². The van der Waals surface area contributed by atoms with E-state index in [1.54, 1.807) is 21.0 Å². The maximum Gasteiger partial charge on any atom is 0.429 e. The Morgan fingerprint density at radius 1 is 0.966 bits per heavy atom. The minimum atomic E-state index is -0.577. The summed E-state index contributed by atoms with van der Waals surface area (Å²) >= 11 is 0. The summed E-state index contributed by atoms with van der Waals surface area (Å²) in [7, 11) is 1.61. The van der Waals surface area contributed by atoms with Gasteiger partial charge in [-0.05, 0) is 43.5 Å². The van der Waals surface area contributed by atoms with Gasteiger partial charge in [-0.3, -0.25) is 0 Å². The second kappa shape index (κ2) is 10.7. The van der Waals surface area contributed by atoms with Crippen molar-refractivity contribution in [3.63, 3.8) is 0 Å². The molecule has 7 heteroatoms. The molecule has 0 aliphatic carbocycles. The molecule has 29 heavy (non-hydrogen) atoms. The van der Waals surface area contributed by atoms with Gasteiger partial charge in [-0.15, -0.1) is 0 Å². The van der Waals surface area contributed by atoms with Crippen molar-refractivity contribution in [3.8, 4) is 5.75 Å². The SMILES string of the molecule is C=C(c1ccc(OC)cc1)[C@H]1[C@H](CCCCC)N(C(=O)OCC)N1C(=O)OCC. The lowest BCUT2D eigenvalue weighted by atomic mass is 9.86. The second-order valence-corrected chi connectivity index (χ2v) is 6.85. The zero-order chi connectivity index (χ0) is 21.4. The number of methoxy groups -OCH3 is 1. The summed E-state index contributed by atoms with van der Waals surface area (Å²) in [6.07, 6.45) is 2.70. The highest BCUT2D eigenvalue weighted by molar-refractivity contribution is 5.82. The highest BCUT2D eigenvalue weighted by atomic mass is 16.6. The third-order valence-electron chi connectivity index (χ3n) is 5.01. The summed E-state index contributed by atoms with van der Waals surface area (Å²) in [6, 6.07) is 6.93. The van der Waals surface area contributed by atoms with E-state index in [1.807, 2.05) is 24.3 Å². The molecular weight excluding hydrogens is 372 g/mol. The van der Waals surface area contributed by atoms with Crippen LogP contribution in [-0.2, 0) is 9.47 Å². The van der Waals surface area contributed by atoms with Gasteiger partial charge in [-0.1, -0.05) is 44.9 Å². The molecule has 1 heterocycles. The minimum absolute atomic E-state index is 0.209. The molecule has 1 aromatic rings. The molecule has 1 aliphatic rings. The van der Waals surface area contributed by atoms with Gasteiger partial charge >= 0.3 is 12.2 Å². The smallest absolute Gasteiger partial charge is 0.429 e. The highest BCUT2D eigenvalue weighted by Crippen LogP contribution is 2.39. The Kier molecular flexibility index (Phi) is 8.36. The molecule has 2 atom stereocenters. The molecule has 0 spiro atoms. The molecule has 1 fully saturated rings. The van der Waals surface area contributed by atoms with Crippen molar-refractivity contribution in [2.75, 3.05) is 20.3 Å². The Morgan fingerprint density at radius 2 is 1.55 bits per heavy atom. The molecule has 7 nitrogen and oxygen atoms in total. The van der Waals surface area contributed by atoms with E-state index in [2.05, 4.69) is 13.5 Å². The number of carbonyl (C=O) groups excluding carboxylic acids is 2. The number of hydrazine groups is 1. The third kappa shape index (κ3) is 5.02. The van der Waals surface area contributed by atoms with Crippen molar-refractivity contribution in [3.05, 3.63) is 36.4 Å². The fourth-order valence-electron chi connectivity index (χ4n) is 3.56. The zero-order valence-electron chi connectivity index (χ0n) is 17.8. The van der Waals surface area contributed by atoms with Crippen molar-refractivity contribution in [1.82, 2.24) is 10.0 Å². The number of carbonyl (C=O) groups is 2. The molecule has 0 bridgehead atoms. The lowest BCUT2D eigenvalue weighted by molar-refractivity contribution is -0.147. The standard InChI is InChI=1S/C22H32N2O5/c1-6-9-10-11-19-20(16(4)17-12-14-18(27-5)15-13-17)24(22(26)29-8-3)23(19)21(25)28-7-2/h12-15,19-20H,4,6-11H2,1-3,5H3/t19-,20-/m0/s1. The first kappa shape index (κ1) is 22.6. The summed E-state index contributed by atoms with van der Waals surface area (Å²) < 4.78 is 15.6. The first-order valence-electron chi connectivity index (χ1n) is 10.2. The Morgan fingerprint density at radius 3 is 2.07 bits per heavy atom. The second-order valence-electron chi connectivity index (χ2n) is 6.85. The van der Waals surface area contributed by atoms with Crippen LogP contribution in [0, 0.1) is 0 Å². The molecule has 160 valence electrons. The van der Waals surface area contributed by atoms with Crippen LogP contribution < -0.4 is 4.74 Å². The van der Waals surface area contributed by atoms with Crippen LogP contribution >= 0.6 is 0 Å². The predicted octanol–water partition coefficient (Wildman–Crippen LogP) is 4.87. The molecular formula is C22H32N2O5. The molecule has 0 radical (unpaired) electrons. The largest absolute Gasteiger partial charge is 0.497 e. The van der Waals surface area contributed by atoms with Crippen molar-refractivity contribution < 1.29 is 23.8 Å². The van der Waals surface area contributed by atoms with Gasteiger partial charge in [-0.2, -0.15) is 0 Å². The molecule has 0 aromatic heterocycles. The summed E-state index contributed by atoms with van der Waals surface area (Å²) in [4.78, 5) is 25.2. The van der Waals surface area contributed by atoms with E-state index in [9.17, 15) is 9.59 Å². The van der Waals surface area contributed by atoms with E-state index in [0.29, 0.717) is 0 Å². The number of unbranched alkanes of at least 4 members (excludes halogenated alkanes) is 2. The average Bonchev–Trinajstić information content (AvgIpc) is 2.70. The van der Waals surface area contributed by atoms with E-state index in [4.69, 9.17) is 14.2 Å². The van der Waals surface area contributed by atoms with E-state index in [-0.39, 0.29) is 25.3 Å². The fourth-order valence-corrected chi connectivity index (χ4v) is 3.56. The van der Waals surface area contributed by atoms with E-state index >= 15 is 0 Å². The maximum atomic E-state index is 12.7. The van der Waals surface area contributed by atoms with Crippen LogP contribution in [0.1, 0.15) is 52.0 Å². The van der Waals surface area contributed by atoms with Crippen LogP contribution in [0.4, 0.5) is 9.59 Å². The van der Waals surface area contributed by atoms with Crippen molar-refractivity contribution in [2.24, 2.45) is 0 Å². The topological polar surface area (TPSA) is 68.3 Å². The van der Waals surface area contributed by atoms with Crippen molar-refractivity contribution in [1.29, 1.82) is 0 Å². The Bertz CT molecular complexity index is 704. The quantitative estimate of drug-likeness (QED) is 0.549. The molecule has 0 saturated carbocycles. The van der Waals surface area contributed by atoms with Crippen molar-refractivity contribution in [2.45, 2.75) is 58.5 Å². The maximum absolute atomic E-state index is 12.7. The Labute approximate surface area is 173 Å². The molecule has 1 saturated heterocycles.